The highest BCUT2D eigenvalue weighted by atomic mass is 16.1. The number of amides is 1. The lowest BCUT2D eigenvalue weighted by Gasteiger charge is -2.39. The van der Waals surface area contributed by atoms with Crippen LogP contribution in [0.25, 0.3) is 0 Å². The maximum atomic E-state index is 10.7. The number of hydrogen-bond donors (Lipinski definition) is 0. The smallest absolute Gasteiger partial charge is 0.210 e. The first-order chi connectivity index (χ1) is 5.65. The van der Waals surface area contributed by atoms with Crippen molar-refractivity contribution < 1.29 is 4.79 Å². The summed E-state index contributed by atoms with van der Waals surface area (Å²) in [6, 6.07) is 0.404. The number of nitrogens with zero attached hydrogens (tertiary/aromatic N) is 2. The summed E-state index contributed by atoms with van der Waals surface area (Å²) in [4.78, 5) is 14.9. The molecule has 1 saturated heterocycles. The zero-order chi connectivity index (χ0) is 9.14. The minimum Gasteiger partial charge on any atom is -0.339 e. The van der Waals surface area contributed by atoms with Gasteiger partial charge in [0.1, 0.15) is 0 Å². The molecule has 1 rings (SSSR count). The van der Waals surface area contributed by atoms with Gasteiger partial charge in [0.15, 0.2) is 0 Å². The van der Waals surface area contributed by atoms with E-state index >= 15 is 0 Å². The van der Waals surface area contributed by atoms with Crippen LogP contribution in [0.15, 0.2) is 0 Å². The maximum Gasteiger partial charge on any atom is 0.210 e. The van der Waals surface area contributed by atoms with Gasteiger partial charge >= 0.3 is 0 Å². The van der Waals surface area contributed by atoms with Gasteiger partial charge in [-0.25, -0.2) is 0 Å². The Morgan fingerprint density at radius 3 is 2.58 bits per heavy atom. The van der Waals surface area contributed by atoms with Crippen molar-refractivity contribution in [1.29, 1.82) is 0 Å². The SMILES string of the molecule is CC(C)C1CN(C)CCN1C=O. The Morgan fingerprint density at radius 1 is 1.42 bits per heavy atom. The van der Waals surface area contributed by atoms with Crippen LogP contribution in [0.2, 0.25) is 0 Å². The average molecular weight is 170 g/mol. The van der Waals surface area contributed by atoms with E-state index in [0.29, 0.717) is 12.0 Å². The van der Waals surface area contributed by atoms with Crippen molar-refractivity contribution in [2.45, 2.75) is 19.9 Å². The van der Waals surface area contributed by atoms with Crippen LogP contribution in [0, 0.1) is 5.92 Å². The zero-order valence-corrected chi connectivity index (χ0v) is 8.16. The second kappa shape index (κ2) is 3.90. The first-order valence-electron chi connectivity index (χ1n) is 4.54. The van der Waals surface area contributed by atoms with E-state index in [9.17, 15) is 4.79 Å². The van der Waals surface area contributed by atoms with Gasteiger partial charge in [-0.1, -0.05) is 13.8 Å². The molecule has 3 heteroatoms. The molecule has 0 aromatic carbocycles. The summed E-state index contributed by atoms with van der Waals surface area (Å²) < 4.78 is 0. The lowest BCUT2D eigenvalue weighted by atomic mass is 10.0. The maximum absolute atomic E-state index is 10.7. The van der Waals surface area contributed by atoms with Crippen molar-refractivity contribution >= 4 is 6.41 Å². The van der Waals surface area contributed by atoms with Gasteiger partial charge < -0.3 is 9.80 Å². The summed E-state index contributed by atoms with van der Waals surface area (Å²) in [6.45, 7) is 7.22. The summed E-state index contributed by atoms with van der Waals surface area (Å²) in [5, 5.41) is 0. The predicted octanol–water partition coefficient (Wildman–Crippen LogP) is 0.415. The summed E-state index contributed by atoms with van der Waals surface area (Å²) in [5.74, 6) is 0.554. The van der Waals surface area contributed by atoms with Crippen LogP contribution in [-0.4, -0.2) is 48.9 Å². The second-order valence-corrected chi connectivity index (χ2v) is 3.92. The highest BCUT2D eigenvalue weighted by molar-refractivity contribution is 5.48. The Bertz CT molecular complexity index is 159. The Kier molecular flexibility index (Phi) is 3.09. The van der Waals surface area contributed by atoms with E-state index in [2.05, 4.69) is 25.8 Å². The van der Waals surface area contributed by atoms with Gasteiger partial charge in [0.05, 0.1) is 0 Å². The Hall–Kier alpha value is -0.570. The molecule has 1 fully saturated rings. The number of likely N-dealkylation sites (N-methyl/N-ethyl adjacent to an activating group) is 1. The van der Waals surface area contributed by atoms with Crippen LogP contribution in [0.3, 0.4) is 0 Å². The van der Waals surface area contributed by atoms with Gasteiger partial charge in [-0.3, -0.25) is 4.79 Å². The summed E-state index contributed by atoms with van der Waals surface area (Å²) in [7, 11) is 2.11. The summed E-state index contributed by atoms with van der Waals surface area (Å²) >= 11 is 0. The topological polar surface area (TPSA) is 23.6 Å². The third-order valence-electron chi connectivity index (χ3n) is 2.57. The zero-order valence-electron chi connectivity index (χ0n) is 8.16. The molecular weight excluding hydrogens is 152 g/mol. The molecule has 0 aromatic heterocycles. The summed E-state index contributed by atoms with van der Waals surface area (Å²) in [5.41, 5.74) is 0. The van der Waals surface area contributed by atoms with Crippen molar-refractivity contribution in [3.63, 3.8) is 0 Å². The molecule has 0 bridgehead atoms. The highest BCUT2D eigenvalue weighted by Crippen LogP contribution is 2.14. The van der Waals surface area contributed by atoms with E-state index in [1.807, 2.05) is 4.90 Å². The van der Waals surface area contributed by atoms with Gasteiger partial charge in [0.25, 0.3) is 0 Å². The van der Waals surface area contributed by atoms with Crippen LogP contribution in [-0.2, 0) is 4.79 Å². The van der Waals surface area contributed by atoms with Crippen molar-refractivity contribution in [3.05, 3.63) is 0 Å². The average Bonchev–Trinajstić information content (AvgIpc) is 2.04. The van der Waals surface area contributed by atoms with Crippen LogP contribution >= 0.6 is 0 Å². The Labute approximate surface area is 74.3 Å². The van der Waals surface area contributed by atoms with Crippen LogP contribution in [0.4, 0.5) is 0 Å². The highest BCUT2D eigenvalue weighted by Gasteiger charge is 2.25. The molecule has 1 aliphatic heterocycles. The fourth-order valence-electron chi connectivity index (χ4n) is 1.69. The lowest BCUT2D eigenvalue weighted by Crippen LogP contribution is -2.53. The lowest BCUT2D eigenvalue weighted by molar-refractivity contribution is -0.123. The van der Waals surface area contributed by atoms with Crippen LogP contribution in [0.5, 0.6) is 0 Å². The van der Waals surface area contributed by atoms with Crippen LogP contribution in [0.1, 0.15) is 13.8 Å². The second-order valence-electron chi connectivity index (χ2n) is 3.92. The number of carbonyl (C=O) groups excluding carboxylic acids is 1. The molecule has 1 aliphatic rings. The van der Waals surface area contributed by atoms with Crippen molar-refractivity contribution in [2.75, 3.05) is 26.7 Å². The van der Waals surface area contributed by atoms with Crippen molar-refractivity contribution in [2.24, 2.45) is 5.92 Å². The monoisotopic (exact) mass is 170 g/mol. The van der Waals surface area contributed by atoms with Gasteiger partial charge in [-0.2, -0.15) is 0 Å². The molecule has 0 saturated carbocycles. The molecule has 0 radical (unpaired) electrons. The molecule has 0 N–H and O–H groups in total. The van der Waals surface area contributed by atoms with E-state index in [-0.39, 0.29) is 0 Å². The fraction of sp³-hybridized carbons (Fsp3) is 0.889. The molecule has 12 heavy (non-hydrogen) atoms. The third kappa shape index (κ3) is 1.97. The molecular formula is C9H18N2O. The van der Waals surface area contributed by atoms with Gasteiger partial charge in [0, 0.05) is 25.7 Å². The largest absolute Gasteiger partial charge is 0.339 e. The molecule has 70 valence electrons. The number of rotatable bonds is 2. The first-order valence-corrected chi connectivity index (χ1v) is 4.54. The molecule has 3 nitrogen and oxygen atoms in total. The molecule has 1 atom stereocenters. The molecule has 0 aromatic rings. The minimum atomic E-state index is 0.404. The number of hydrogen-bond acceptors (Lipinski definition) is 2. The van der Waals surface area contributed by atoms with E-state index in [4.69, 9.17) is 0 Å². The first kappa shape index (κ1) is 9.52. The van der Waals surface area contributed by atoms with Gasteiger partial charge in [-0.15, -0.1) is 0 Å². The quantitative estimate of drug-likeness (QED) is 0.561. The normalized spacial score (nSPS) is 26.3. The molecule has 1 heterocycles. The molecule has 1 amide bonds. The van der Waals surface area contributed by atoms with E-state index in [1.54, 1.807) is 0 Å². The fourth-order valence-corrected chi connectivity index (χ4v) is 1.69. The van der Waals surface area contributed by atoms with Gasteiger partial charge in [-0.05, 0) is 13.0 Å². The third-order valence-corrected chi connectivity index (χ3v) is 2.57. The predicted molar refractivity (Wildman–Crippen MR) is 48.9 cm³/mol. The molecule has 0 aliphatic carbocycles. The van der Waals surface area contributed by atoms with E-state index < -0.39 is 0 Å². The van der Waals surface area contributed by atoms with Crippen molar-refractivity contribution in [3.8, 4) is 0 Å². The molecule has 1 unspecified atom stereocenters. The number of carbonyl (C=O) groups is 1. The Morgan fingerprint density at radius 2 is 2.08 bits per heavy atom. The van der Waals surface area contributed by atoms with Gasteiger partial charge in [0.2, 0.25) is 6.41 Å². The summed E-state index contributed by atoms with van der Waals surface area (Å²) in [6.07, 6.45) is 0.984. The number of piperazine rings is 1. The van der Waals surface area contributed by atoms with Crippen molar-refractivity contribution in [1.82, 2.24) is 9.80 Å². The van der Waals surface area contributed by atoms with Crippen LogP contribution < -0.4 is 0 Å². The molecule has 0 spiro atoms. The standard InChI is InChI=1S/C9H18N2O/c1-8(2)9-6-10(3)4-5-11(9)7-12/h7-9H,4-6H2,1-3H3. The Balaban J connectivity index is 2.57. The van der Waals surface area contributed by atoms with E-state index in [1.165, 1.54) is 0 Å². The van der Waals surface area contributed by atoms with E-state index in [0.717, 1.165) is 26.0 Å². The minimum absolute atomic E-state index is 0.404.